The number of pyridine rings is 1. The lowest BCUT2D eigenvalue weighted by molar-refractivity contribution is -0.680. The smallest absolute Gasteiger partial charge is 0.228 e. The lowest BCUT2D eigenvalue weighted by Crippen LogP contribution is -2.48. The van der Waals surface area contributed by atoms with Crippen molar-refractivity contribution in [3.05, 3.63) is 107 Å². The second-order valence-corrected chi connectivity index (χ2v) is 12.3. The van der Waals surface area contributed by atoms with Gasteiger partial charge in [0, 0.05) is 21.8 Å². The van der Waals surface area contributed by atoms with Crippen LogP contribution < -0.4 is 4.57 Å². The summed E-state index contributed by atoms with van der Waals surface area (Å²) in [6.45, 7) is 14.8. The summed E-state index contributed by atoms with van der Waals surface area (Å²) < 4.78 is 5.15. The van der Waals surface area contributed by atoms with Crippen LogP contribution in [0.5, 0.6) is 0 Å². The highest BCUT2D eigenvalue weighted by Crippen LogP contribution is 2.47. The van der Waals surface area contributed by atoms with E-state index in [1.165, 1.54) is 72.0 Å². The van der Waals surface area contributed by atoms with E-state index in [4.69, 9.17) is 0 Å². The maximum Gasteiger partial charge on any atom is 0.295 e. The van der Waals surface area contributed by atoms with Crippen LogP contribution >= 0.6 is 0 Å². The second kappa shape index (κ2) is 9.06. The van der Waals surface area contributed by atoms with Crippen molar-refractivity contribution in [2.24, 2.45) is 0 Å². The summed E-state index contributed by atoms with van der Waals surface area (Å²) in [5, 5.41) is 4.15. The van der Waals surface area contributed by atoms with Gasteiger partial charge in [-0.25, -0.2) is 4.57 Å². The lowest BCUT2D eigenvalue weighted by atomic mass is 9.71. The number of imidazole rings is 1. The first kappa shape index (κ1) is 25.1. The van der Waals surface area contributed by atoms with Crippen molar-refractivity contribution < 1.29 is 4.57 Å². The Morgan fingerprint density at radius 2 is 1.50 bits per heavy atom. The Morgan fingerprint density at radius 3 is 2.23 bits per heavy atom. The molecule has 1 aliphatic heterocycles. The number of rotatable bonds is 5. The summed E-state index contributed by atoms with van der Waals surface area (Å²) >= 11 is 0. The average molecular weight is 524 g/mol. The summed E-state index contributed by atoms with van der Waals surface area (Å²) in [6, 6.07) is 29.9. The van der Waals surface area contributed by atoms with Gasteiger partial charge in [-0.15, -0.1) is 0 Å². The molecule has 7 rings (SSSR count). The summed E-state index contributed by atoms with van der Waals surface area (Å²) in [7, 11) is 0. The van der Waals surface area contributed by atoms with E-state index in [0.29, 0.717) is 5.92 Å². The van der Waals surface area contributed by atoms with Crippen molar-refractivity contribution in [3.63, 3.8) is 0 Å². The lowest BCUT2D eigenvalue weighted by Gasteiger charge is -2.35. The van der Waals surface area contributed by atoms with Crippen LogP contribution in [-0.2, 0) is 12.0 Å². The van der Waals surface area contributed by atoms with Crippen molar-refractivity contribution >= 4 is 27.3 Å². The summed E-state index contributed by atoms with van der Waals surface area (Å²) in [6.07, 6.45) is 4.69. The SMILES string of the molecule is CCC1(CC)C[n+]2cc(-c3ccc(C(C)C)cc3C)n3c4ccccc4c4c(-c5ccccc5C)ccc1c4c32. The molecule has 0 radical (unpaired) electrons. The van der Waals surface area contributed by atoms with E-state index in [-0.39, 0.29) is 5.41 Å². The Labute approximate surface area is 237 Å². The van der Waals surface area contributed by atoms with Gasteiger partial charge in [-0.1, -0.05) is 100 Å². The molecular formula is C38H39N2+. The Bertz CT molecular complexity index is 1950. The molecule has 40 heavy (non-hydrogen) atoms. The van der Waals surface area contributed by atoms with Gasteiger partial charge < -0.3 is 0 Å². The highest BCUT2D eigenvalue weighted by Gasteiger charge is 2.42. The van der Waals surface area contributed by atoms with Crippen LogP contribution in [0.15, 0.2) is 85.1 Å². The van der Waals surface area contributed by atoms with Crippen molar-refractivity contribution in [3.8, 4) is 22.4 Å². The number of hydrogen-bond donors (Lipinski definition) is 0. The Morgan fingerprint density at radius 1 is 0.775 bits per heavy atom. The minimum absolute atomic E-state index is 0.109. The fourth-order valence-electron chi connectivity index (χ4n) is 7.45. The molecule has 0 fully saturated rings. The first-order chi connectivity index (χ1) is 19.4. The van der Waals surface area contributed by atoms with Gasteiger partial charge in [-0.05, 0) is 72.1 Å². The topological polar surface area (TPSA) is 8.29 Å². The number of para-hydroxylation sites is 1. The van der Waals surface area contributed by atoms with E-state index < -0.39 is 0 Å². The molecule has 0 unspecified atom stereocenters. The number of fused-ring (bicyclic) bond motifs is 3. The minimum Gasteiger partial charge on any atom is -0.228 e. The van der Waals surface area contributed by atoms with Crippen LogP contribution in [0.25, 0.3) is 49.7 Å². The predicted octanol–water partition coefficient (Wildman–Crippen LogP) is 9.68. The third-order valence-electron chi connectivity index (χ3n) is 9.87. The number of benzene rings is 4. The first-order valence-corrected chi connectivity index (χ1v) is 15.0. The highest BCUT2D eigenvalue weighted by atomic mass is 15.1. The van der Waals surface area contributed by atoms with Gasteiger partial charge >= 0.3 is 0 Å². The predicted molar refractivity (Wildman–Crippen MR) is 169 cm³/mol. The molecule has 3 heterocycles. The molecule has 1 aliphatic rings. The minimum atomic E-state index is 0.109. The van der Waals surface area contributed by atoms with Crippen LogP contribution in [0.3, 0.4) is 0 Å². The summed E-state index contributed by atoms with van der Waals surface area (Å²) in [5.41, 5.74) is 13.6. The molecule has 0 N–H and O–H groups in total. The molecular weight excluding hydrogens is 484 g/mol. The fraction of sp³-hybridized carbons (Fsp3) is 0.289. The van der Waals surface area contributed by atoms with Gasteiger partial charge in [0.1, 0.15) is 18.3 Å². The van der Waals surface area contributed by atoms with Crippen molar-refractivity contribution in [1.29, 1.82) is 0 Å². The molecule has 2 aromatic heterocycles. The molecule has 0 saturated carbocycles. The van der Waals surface area contributed by atoms with E-state index in [9.17, 15) is 0 Å². The molecule has 4 aromatic carbocycles. The molecule has 2 nitrogen and oxygen atoms in total. The zero-order chi connectivity index (χ0) is 27.8. The molecule has 0 saturated heterocycles. The molecule has 0 atom stereocenters. The van der Waals surface area contributed by atoms with Crippen molar-refractivity contribution in [1.82, 2.24) is 4.40 Å². The molecule has 2 heteroatoms. The van der Waals surface area contributed by atoms with Gasteiger partial charge in [0.05, 0.1) is 5.39 Å². The Hall–Kier alpha value is -3.91. The molecule has 200 valence electrons. The maximum absolute atomic E-state index is 2.58. The summed E-state index contributed by atoms with van der Waals surface area (Å²) in [4.78, 5) is 0. The number of nitrogens with zero attached hydrogens (tertiary/aromatic N) is 2. The van der Waals surface area contributed by atoms with E-state index in [2.05, 4.69) is 136 Å². The van der Waals surface area contributed by atoms with E-state index in [1.807, 2.05) is 0 Å². The summed E-state index contributed by atoms with van der Waals surface area (Å²) in [5.74, 6) is 0.519. The van der Waals surface area contributed by atoms with Crippen LogP contribution in [0.1, 0.15) is 68.7 Å². The van der Waals surface area contributed by atoms with Crippen LogP contribution in [0.4, 0.5) is 0 Å². The second-order valence-electron chi connectivity index (χ2n) is 12.3. The Balaban J connectivity index is 1.70. The maximum atomic E-state index is 2.58. The zero-order valence-corrected chi connectivity index (χ0v) is 24.7. The zero-order valence-electron chi connectivity index (χ0n) is 24.7. The van der Waals surface area contributed by atoms with Gasteiger partial charge in [0.25, 0.3) is 5.65 Å². The largest absolute Gasteiger partial charge is 0.295 e. The van der Waals surface area contributed by atoms with E-state index in [0.717, 1.165) is 19.4 Å². The van der Waals surface area contributed by atoms with Gasteiger partial charge in [-0.2, -0.15) is 4.40 Å². The molecule has 0 aliphatic carbocycles. The van der Waals surface area contributed by atoms with Crippen molar-refractivity contribution in [2.45, 2.75) is 72.3 Å². The molecule has 6 aromatic rings. The molecule has 0 amide bonds. The normalized spacial score (nSPS) is 14.3. The monoisotopic (exact) mass is 523 g/mol. The third kappa shape index (κ3) is 3.38. The number of aryl methyl sites for hydroxylation is 2. The van der Waals surface area contributed by atoms with Gasteiger partial charge in [-0.3, -0.25) is 0 Å². The standard InChI is InChI=1S/C38H39N2/c1-7-38(8-2)23-39-22-34(29-18-17-27(24(3)4)21-26(29)6)40-33-16-12-11-15-31(33)35-30(28-14-10-9-13-25(28)5)19-20-32(38)36(35)37(39)40/h9-22,24H,7-8,23H2,1-6H3/q+1. The fourth-order valence-corrected chi connectivity index (χ4v) is 7.45. The first-order valence-electron chi connectivity index (χ1n) is 15.0. The van der Waals surface area contributed by atoms with Crippen LogP contribution in [0, 0.1) is 13.8 Å². The van der Waals surface area contributed by atoms with Crippen LogP contribution in [-0.4, -0.2) is 4.40 Å². The number of aromatic nitrogens is 2. The van der Waals surface area contributed by atoms with Crippen molar-refractivity contribution in [2.75, 3.05) is 0 Å². The van der Waals surface area contributed by atoms with E-state index >= 15 is 0 Å². The molecule has 0 spiro atoms. The number of hydrogen-bond acceptors (Lipinski definition) is 0. The third-order valence-corrected chi connectivity index (χ3v) is 9.87. The Kier molecular flexibility index (Phi) is 5.68. The highest BCUT2D eigenvalue weighted by molar-refractivity contribution is 6.19. The average Bonchev–Trinajstić information content (AvgIpc) is 3.35. The quantitative estimate of drug-likeness (QED) is 0.157. The molecule has 0 bridgehead atoms. The van der Waals surface area contributed by atoms with Crippen LogP contribution in [0.2, 0.25) is 0 Å². The van der Waals surface area contributed by atoms with Gasteiger partial charge in [0.2, 0.25) is 0 Å². The van der Waals surface area contributed by atoms with Gasteiger partial charge in [0.15, 0.2) is 5.69 Å². The van der Waals surface area contributed by atoms with E-state index in [1.54, 1.807) is 0 Å².